The van der Waals surface area contributed by atoms with Gasteiger partial charge >= 0.3 is 18.5 Å². The molecule has 0 amide bonds. The van der Waals surface area contributed by atoms with Gasteiger partial charge in [-0.25, -0.2) is 0 Å². The summed E-state index contributed by atoms with van der Waals surface area (Å²) in [6.07, 6.45) is -15.7. The molecule has 0 N–H and O–H groups in total. The van der Waals surface area contributed by atoms with Crippen molar-refractivity contribution in [2.75, 3.05) is 0 Å². The van der Waals surface area contributed by atoms with Crippen LogP contribution in [0.15, 0.2) is 84.4 Å². The fourth-order valence-corrected chi connectivity index (χ4v) is 7.31. The summed E-state index contributed by atoms with van der Waals surface area (Å²) in [5.41, 5.74) is -1.87. The van der Waals surface area contributed by atoms with Gasteiger partial charge in [-0.05, 0) is 65.5 Å². The molecule has 0 saturated carbocycles. The molecule has 4 atom stereocenters. The van der Waals surface area contributed by atoms with E-state index in [4.69, 9.17) is 13.9 Å². The van der Waals surface area contributed by atoms with Crippen molar-refractivity contribution in [2.45, 2.75) is 81.1 Å². The zero-order valence-electron chi connectivity index (χ0n) is 26.3. The van der Waals surface area contributed by atoms with Gasteiger partial charge in [0.25, 0.3) is 0 Å². The summed E-state index contributed by atoms with van der Waals surface area (Å²) in [5.74, 6) is 0. The lowest BCUT2D eigenvalue weighted by Crippen LogP contribution is -2.51. The monoisotopic (exact) mass is 721 g/mol. The van der Waals surface area contributed by atoms with Crippen molar-refractivity contribution in [3.05, 3.63) is 118 Å². The van der Waals surface area contributed by atoms with Crippen molar-refractivity contribution in [1.82, 2.24) is 4.90 Å². The molecule has 15 heteroatoms. The molecular formula is C33H32F9NO3SSi. The fourth-order valence-electron chi connectivity index (χ4n) is 5.03. The first-order chi connectivity index (χ1) is 22.0. The van der Waals surface area contributed by atoms with Crippen LogP contribution >= 0.6 is 11.8 Å². The van der Waals surface area contributed by atoms with Gasteiger partial charge in [-0.1, -0.05) is 68.9 Å². The lowest BCUT2D eigenvalue weighted by Gasteiger charge is -2.46. The molecule has 1 saturated heterocycles. The summed E-state index contributed by atoms with van der Waals surface area (Å²) in [4.78, 5) is 1.62. The number of nitrogens with zero attached hydrogens (tertiary/aromatic N) is 1. The molecule has 48 heavy (non-hydrogen) atoms. The summed E-state index contributed by atoms with van der Waals surface area (Å²) < 4.78 is 141. The highest BCUT2D eigenvalue weighted by atomic mass is 32.2. The SMILES string of the molecule is CC(C)(C)[Si](C)(C)OC(c1ccc(C(F)(F)F)cc1)N1C=CSC12OC(c1ccc(C(F)(F)F)cc1)OC2c1ccc(C(F)(F)F)cc1. The van der Waals surface area contributed by atoms with Crippen LogP contribution < -0.4 is 0 Å². The van der Waals surface area contributed by atoms with Crippen LogP contribution in [0.4, 0.5) is 39.5 Å². The molecule has 0 bridgehead atoms. The Morgan fingerprint density at radius 3 is 1.58 bits per heavy atom. The molecule has 2 aliphatic rings. The molecule has 4 nitrogen and oxygen atoms in total. The van der Waals surface area contributed by atoms with E-state index >= 15 is 0 Å². The normalized spacial score (nSPS) is 22.9. The van der Waals surface area contributed by atoms with Crippen LogP contribution in [-0.2, 0) is 32.4 Å². The molecular weight excluding hydrogens is 690 g/mol. The van der Waals surface area contributed by atoms with Gasteiger partial charge in [-0.3, -0.25) is 0 Å². The van der Waals surface area contributed by atoms with Crippen molar-refractivity contribution < 1.29 is 53.4 Å². The van der Waals surface area contributed by atoms with E-state index < -0.39 is 67.2 Å². The van der Waals surface area contributed by atoms with Crippen LogP contribution in [0.2, 0.25) is 18.1 Å². The van der Waals surface area contributed by atoms with Crippen LogP contribution in [0.1, 0.15) is 72.8 Å². The Kier molecular flexibility index (Phi) is 9.38. The highest BCUT2D eigenvalue weighted by molar-refractivity contribution is 8.03. The van der Waals surface area contributed by atoms with E-state index in [9.17, 15) is 39.5 Å². The predicted octanol–water partition coefficient (Wildman–Crippen LogP) is 11.4. The number of ether oxygens (including phenoxy) is 2. The first-order valence-corrected chi connectivity index (χ1v) is 18.5. The maximum atomic E-state index is 13.5. The second-order valence-corrected chi connectivity index (χ2v) is 18.8. The van der Waals surface area contributed by atoms with Crippen LogP contribution in [0, 0.1) is 0 Å². The molecule has 1 spiro atoms. The maximum absolute atomic E-state index is 13.5. The summed E-state index contributed by atoms with van der Waals surface area (Å²) in [6, 6.07) is 12.8. The zero-order valence-corrected chi connectivity index (χ0v) is 28.1. The fraction of sp³-hybridized carbons (Fsp3) is 0.394. The molecule has 260 valence electrons. The molecule has 5 rings (SSSR count). The molecule has 0 aliphatic carbocycles. The van der Waals surface area contributed by atoms with E-state index in [0.717, 1.165) is 48.2 Å². The van der Waals surface area contributed by atoms with Crippen molar-refractivity contribution in [3.63, 3.8) is 0 Å². The Balaban J connectivity index is 1.63. The average Bonchev–Trinajstić information content (AvgIpc) is 3.58. The molecule has 0 aromatic heterocycles. The van der Waals surface area contributed by atoms with E-state index in [0.29, 0.717) is 5.56 Å². The molecule has 0 radical (unpaired) electrons. The number of hydrogen-bond acceptors (Lipinski definition) is 5. The highest BCUT2D eigenvalue weighted by Gasteiger charge is 2.59. The number of benzene rings is 3. The Hall–Kier alpha value is -2.98. The second-order valence-electron chi connectivity index (χ2n) is 13.0. The van der Waals surface area contributed by atoms with Crippen molar-refractivity contribution in [3.8, 4) is 0 Å². The van der Waals surface area contributed by atoms with Crippen molar-refractivity contribution >= 4 is 20.1 Å². The van der Waals surface area contributed by atoms with E-state index in [1.807, 2.05) is 33.9 Å². The van der Waals surface area contributed by atoms with Crippen LogP contribution in [0.25, 0.3) is 0 Å². The number of thioether (sulfide) groups is 1. The predicted molar refractivity (Wildman–Crippen MR) is 164 cm³/mol. The maximum Gasteiger partial charge on any atom is 0.416 e. The first-order valence-electron chi connectivity index (χ1n) is 14.7. The molecule has 3 aromatic rings. The Labute approximate surface area is 277 Å². The third-order valence-corrected chi connectivity index (χ3v) is 14.3. The molecule has 3 aromatic carbocycles. The number of alkyl halides is 9. The van der Waals surface area contributed by atoms with E-state index in [1.165, 1.54) is 36.4 Å². The highest BCUT2D eigenvalue weighted by Crippen LogP contribution is 2.60. The summed E-state index contributed by atoms with van der Waals surface area (Å²) in [7, 11) is -2.71. The van der Waals surface area contributed by atoms with Crippen molar-refractivity contribution in [2.24, 2.45) is 0 Å². The number of rotatable bonds is 6. The number of halogens is 9. The molecule has 2 heterocycles. The van der Waals surface area contributed by atoms with Gasteiger partial charge in [0.2, 0.25) is 5.06 Å². The molecule has 2 aliphatic heterocycles. The third kappa shape index (κ3) is 7.16. The van der Waals surface area contributed by atoms with Crippen LogP contribution in [0.3, 0.4) is 0 Å². The summed E-state index contributed by atoms with van der Waals surface area (Å²) in [5, 5.41) is -0.325. The van der Waals surface area contributed by atoms with Crippen LogP contribution in [-0.4, -0.2) is 18.3 Å². The van der Waals surface area contributed by atoms with Gasteiger partial charge < -0.3 is 18.8 Å². The molecule has 1 fully saturated rings. The second kappa shape index (κ2) is 12.4. The topological polar surface area (TPSA) is 30.9 Å². The Morgan fingerprint density at radius 2 is 1.15 bits per heavy atom. The lowest BCUT2D eigenvalue weighted by atomic mass is 10.0. The smallest absolute Gasteiger partial charge is 0.393 e. The van der Waals surface area contributed by atoms with Crippen molar-refractivity contribution in [1.29, 1.82) is 0 Å². The van der Waals surface area contributed by atoms with Gasteiger partial charge in [0.05, 0.1) is 16.7 Å². The van der Waals surface area contributed by atoms with E-state index in [-0.39, 0.29) is 16.2 Å². The summed E-state index contributed by atoms with van der Waals surface area (Å²) in [6.45, 7) is 9.85. The lowest BCUT2D eigenvalue weighted by molar-refractivity contribution is -0.139. The quantitative estimate of drug-likeness (QED) is 0.187. The van der Waals surface area contributed by atoms with Gasteiger partial charge in [0.15, 0.2) is 14.6 Å². The zero-order chi connectivity index (χ0) is 35.5. The standard InChI is InChI=1S/C33H32F9NO3SSi/c1-29(2,3)48(4,5)46-27(21-8-14-24(15-9-21)31(37,38)39)43-18-19-47-33(43)26(20-6-12-23(13-7-20)30(34,35)36)44-28(45-33)22-10-16-25(17-11-22)32(40,41)42/h6-19,26-28H,1-5H3. The Morgan fingerprint density at radius 1 is 0.708 bits per heavy atom. The first kappa shape index (κ1) is 36.3. The van der Waals surface area contributed by atoms with Gasteiger partial charge in [0, 0.05) is 17.3 Å². The minimum Gasteiger partial charge on any atom is -0.393 e. The average molecular weight is 722 g/mol. The van der Waals surface area contributed by atoms with E-state index in [1.54, 1.807) is 16.5 Å². The van der Waals surface area contributed by atoms with Gasteiger partial charge in [-0.15, -0.1) is 0 Å². The third-order valence-electron chi connectivity index (χ3n) is 8.72. The van der Waals surface area contributed by atoms with Crippen LogP contribution in [0.5, 0.6) is 0 Å². The Bertz CT molecular complexity index is 1620. The van der Waals surface area contributed by atoms with Gasteiger partial charge in [0.1, 0.15) is 12.3 Å². The largest absolute Gasteiger partial charge is 0.416 e. The minimum atomic E-state index is -4.62. The number of hydrogen-bond donors (Lipinski definition) is 0. The minimum absolute atomic E-state index is 0.209. The van der Waals surface area contributed by atoms with Gasteiger partial charge in [-0.2, -0.15) is 39.5 Å². The summed E-state index contributed by atoms with van der Waals surface area (Å²) >= 11 is 1.09. The molecule has 4 unspecified atom stereocenters. The van der Waals surface area contributed by atoms with E-state index in [2.05, 4.69) is 0 Å².